The Bertz CT molecular complexity index is 1140. The molecule has 1 unspecified atom stereocenters. The summed E-state index contributed by atoms with van der Waals surface area (Å²) < 4.78 is 15.7. The molecular formula is C21H18N2O7. The Labute approximate surface area is 170 Å². The topological polar surface area (TPSA) is 126 Å². The minimum atomic E-state index is -1.04. The third-order valence-corrected chi connectivity index (χ3v) is 4.66. The second-order valence-corrected chi connectivity index (χ2v) is 6.60. The molecule has 0 aliphatic carbocycles. The van der Waals surface area contributed by atoms with Crippen molar-refractivity contribution in [3.63, 3.8) is 0 Å². The zero-order valence-electron chi connectivity index (χ0n) is 16.2. The fourth-order valence-corrected chi connectivity index (χ4v) is 3.37. The lowest BCUT2D eigenvalue weighted by molar-refractivity contribution is -0.117. The number of Topliss-reactive ketones (excluding diaryl/α,β-unsaturated/α-hetero) is 1. The highest BCUT2D eigenvalue weighted by Crippen LogP contribution is 2.43. The number of furan rings is 1. The van der Waals surface area contributed by atoms with Crippen LogP contribution in [-0.2, 0) is 4.79 Å². The van der Waals surface area contributed by atoms with Crippen molar-refractivity contribution >= 4 is 17.5 Å². The maximum Gasteiger partial charge on any atom is 0.295 e. The van der Waals surface area contributed by atoms with Crippen molar-refractivity contribution in [2.75, 3.05) is 11.5 Å². The Morgan fingerprint density at radius 3 is 2.70 bits per heavy atom. The number of aryl methyl sites for hydroxylation is 1. The van der Waals surface area contributed by atoms with Gasteiger partial charge in [-0.25, -0.2) is 0 Å². The molecule has 9 heteroatoms. The lowest BCUT2D eigenvalue weighted by Gasteiger charge is -2.24. The Balaban J connectivity index is 1.89. The summed E-state index contributed by atoms with van der Waals surface area (Å²) in [6, 6.07) is 7.87. The first kappa shape index (κ1) is 19.3. The van der Waals surface area contributed by atoms with E-state index in [1.807, 2.05) is 0 Å². The van der Waals surface area contributed by atoms with Crippen molar-refractivity contribution in [1.82, 2.24) is 5.16 Å². The van der Waals surface area contributed by atoms with Crippen LogP contribution in [0.5, 0.6) is 11.5 Å². The van der Waals surface area contributed by atoms with Gasteiger partial charge in [0, 0.05) is 6.07 Å². The van der Waals surface area contributed by atoms with E-state index in [-0.39, 0.29) is 28.7 Å². The highest BCUT2D eigenvalue weighted by Gasteiger charge is 2.46. The van der Waals surface area contributed by atoms with Crippen LogP contribution in [0.3, 0.4) is 0 Å². The van der Waals surface area contributed by atoms with E-state index in [1.165, 1.54) is 42.7 Å². The molecule has 0 saturated carbocycles. The molecule has 0 radical (unpaired) electrons. The highest BCUT2D eigenvalue weighted by atomic mass is 16.5. The summed E-state index contributed by atoms with van der Waals surface area (Å²) in [7, 11) is 0. The molecule has 4 rings (SSSR count). The fraction of sp³-hybridized carbons (Fsp3) is 0.190. The number of amides is 1. The number of ether oxygens (including phenoxy) is 1. The quantitative estimate of drug-likeness (QED) is 0.592. The summed E-state index contributed by atoms with van der Waals surface area (Å²) in [6.07, 6.45) is 1.32. The van der Waals surface area contributed by atoms with Gasteiger partial charge in [0.25, 0.3) is 5.91 Å². The number of aromatic nitrogens is 1. The third-order valence-electron chi connectivity index (χ3n) is 4.66. The molecule has 1 aliphatic heterocycles. The van der Waals surface area contributed by atoms with Gasteiger partial charge < -0.3 is 23.9 Å². The van der Waals surface area contributed by atoms with Crippen LogP contribution < -0.4 is 9.64 Å². The van der Waals surface area contributed by atoms with Gasteiger partial charge >= 0.3 is 0 Å². The van der Waals surface area contributed by atoms with Crippen molar-refractivity contribution < 1.29 is 33.5 Å². The second-order valence-electron chi connectivity index (χ2n) is 6.60. The van der Waals surface area contributed by atoms with Crippen LogP contribution in [0, 0.1) is 6.92 Å². The fourth-order valence-electron chi connectivity index (χ4n) is 3.37. The zero-order valence-corrected chi connectivity index (χ0v) is 16.2. The van der Waals surface area contributed by atoms with Gasteiger partial charge in [-0.15, -0.1) is 0 Å². The molecule has 30 heavy (non-hydrogen) atoms. The van der Waals surface area contributed by atoms with E-state index in [1.54, 1.807) is 13.8 Å². The molecule has 2 N–H and O–H groups in total. The standard InChI is InChI=1S/C21H18N2O7/c1-3-28-15-10-12(6-7-13(15)24)18-17(19(25)14-5-4-8-29-14)20(26)21(27)23(18)16-9-11(2)30-22-16/h4-10,18,24,26H,3H2,1-2H3. The summed E-state index contributed by atoms with van der Waals surface area (Å²) in [6.45, 7) is 3.71. The average molecular weight is 410 g/mol. The van der Waals surface area contributed by atoms with Crippen molar-refractivity contribution in [3.8, 4) is 11.5 Å². The molecule has 9 nitrogen and oxygen atoms in total. The molecule has 1 aliphatic rings. The van der Waals surface area contributed by atoms with E-state index < -0.39 is 23.5 Å². The van der Waals surface area contributed by atoms with Crippen LogP contribution in [0.25, 0.3) is 0 Å². The smallest absolute Gasteiger partial charge is 0.295 e. The Morgan fingerprint density at radius 1 is 1.27 bits per heavy atom. The van der Waals surface area contributed by atoms with E-state index in [4.69, 9.17) is 13.7 Å². The number of ketones is 1. The number of rotatable bonds is 6. The molecule has 0 spiro atoms. The second kappa shape index (κ2) is 7.43. The van der Waals surface area contributed by atoms with Crippen LogP contribution in [0.15, 0.2) is 62.9 Å². The maximum absolute atomic E-state index is 13.1. The van der Waals surface area contributed by atoms with Crippen LogP contribution in [0.1, 0.15) is 34.8 Å². The molecule has 154 valence electrons. The molecule has 2 aromatic heterocycles. The van der Waals surface area contributed by atoms with Gasteiger partial charge in [-0.2, -0.15) is 0 Å². The molecule has 1 atom stereocenters. The van der Waals surface area contributed by atoms with Crippen LogP contribution >= 0.6 is 0 Å². The van der Waals surface area contributed by atoms with Crippen molar-refractivity contribution in [1.29, 1.82) is 0 Å². The first-order chi connectivity index (χ1) is 14.4. The normalized spacial score (nSPS) is 16.4. The van der Waals surface area contributed by atoms with Gasteiger partial charge in [0.05, 0.1) is 24.5 Å². The molecule has 1 aromatic carbocycles. The summed E-state index contributed by atoms with van der Waals surface area (Å²) in [5.41, 5.74) is 0.243. The van der Waals surface area contributed by atoms with E-state index in [0.717, 1.165) is 4.90 Å². The minimum absolute atomic E-state index is 0.0312. The van der Waals surface area contributed by atoms with Crippen LogP contribution in [0.2, 0.25) is 0 Å². The van der Waals surface area contributed by atoms with E-state index >= 15 is 0 Å². The number of aliphatic hydroxyl groups is 1. The van der Waals surface area contributed by atoms with E-state index in [0.29, 0.717) is 17.9 Å². The van der Waals surface area contributed by atoms with Crippen molar-refractivity contribution in [2.45, 2.75) is 19.9 Å². The number of carbonyl (C=O) groups excluding carboxylic acids is 2. The first-order valence-electron chi connectivity index (χ1n) is 9.16. The molecule has 0 fully saturated rings. The lowest BCUT2D eigenvalue weighted by Crippen LogP contribution is -2.31. The molecule has 0 saturated heterocycles. The van der Waals surface area contributed by atoms with Crippen LogP contribution in [-0.4, -0.2) is 33.7 Å². The molecule has 3 heterocycles. The molecule has 1 amide bonds. The van der Waals surface area contributed by atoms with Gasteiger partial charge in [0.2, 0.25) is 5.78 Å². The number of aliphatic hydroxyl groups excluding tert-OH is 1. The maximum atomic E-state index is 13.1. The number of anilines is 1. The number of carbonyl (C=O) groups is 2. The lowest BCUT2D eigenvalue weighted by atomic mass is 9.94. The van der Waals surface area contributed by atoms with Gasteiger partial charge in [-0.1, -0.05) is 11.2 Å². The third kappa shape index (κ3) is 3.10. The van der Waals surface area contributed by atoms with E-state index in [2.05, 4.69) is 5.16 Å². The van der Waals surface area contributed by atoms with Gasteiger partial charge in [0.15, 0.2) is 28.8 Å². The number of hydrogen-bond donors (Lipinski definition) is 2. The number of hydrogen-bond acceptors (Lipinski definition) is 8. The Morgan fingerprint density at radius 2 is 2.07 bits per heavy atom. The average Bonchev–Trinajstić information content (AvgIpc) is 3.45. The largest absolute Gasteiger partial charge is 0.504 e. The van der Waals surface area contributed by atoms with Crippen molar-refractivity contribution in [3.05, 3.63) is 71.1 Å². The molecule has 3 aromatic rings. The number of phenols is 1. The summed E-state index contributed by atoms with van der Waals surface area (Å²) in [4.78, 5) is 27.2. The number of nitrogens with zero attached hydrogens (tertiary/aromatic N) is 2. The zero-order chi connectivity index (χ0) is 21.4. The SMILES string of the molecule is CCOc1cc(C2C(C(=O)c3ccco3)=C(O)C(=O)N2c2cc(C)on2)ccc1O. The minimum Gasteiger partial charge on any atom is -0.504 e. The number of aromatic hydroxyl groups is 1. The number of benzene rings is 1. The summed E-state index contributed by atoms with van der Waals surface area (Å²) >= 11 is 0. The van der Waals surface area contributed by atoms with Crippen LogP contribution in [0.4, 0.5) is 5.82 Å². The predicted octanol–water partition coefficient (Wildman–Crippen LogP) is 3.46. The van der Waals surface area contributed by atoms with E-state index in [9.17, 15) is 19.8 Å². The van der Waals surface area contributed by atoms with Gasteiger partial charge in [-0.3, -0.25) is 14.5 Å². The van der Waals surface area contributed by atoms with Gasteiger partial charge in [-0.05, 0) is 43.7 Å². The number of phenolic OH excluding ortho intramolecular Hbond substituents is 1. The molecule has 0 bridgehead atoms. The molecular weight excluding hydrogens is 392 g/mol. The Hall–Kier alpha value is -4.01. The van der Waals surface area contributed by atoms with Gasteiger partial charge in [0.1, 0.15) is 5.76 Å². The Kier molecular flexibility index (Phi) is 4.78. The monoisotopic (exact) mass is 410 g/mol. The first-order valence-corrected chi connectivity index (χ1v) is 9.16. The van der Waals surface area contributed by atoms with Crippen molar-refractivity contribution in [2.24, 2.45) is 0 Å². The predicted molar refractivity (Wildman–Crippen MR) is 103 cm³/mol. The highest BCUT2D eigenvalue weighted by molar-refractivity contribution is 6.19. The summed E-state index contributed by atoms with van der Waals surface area (Å²) in [5, 5.41) is 24.5. The summed E-state index contributed by atoms with van der Waals surface area (Å²) in [5.74, 6) is -1.55.